The van der Waals surface area contributed by atoms with E-state index in [-0.39, 0.29) is 17.7 Å². The van der Waals surface area contributed by atoms with Crippen LogP contribution in [0.2, 0.25) is 0 Å². The van der Waals surface area contributed by atoms with E-state index >= 15 is 0 Å². The molecule has 1 heterocycles. The van der Waals surface area contributed by atoms with Crippen LogP contribution in [0, 0.1) is 0 Å². The van der Waals surface area contributed by atoms with E-state index in [1.807, 2.05) is 0 Å². The number of ether oxygens (including phenoxy) is 1. The molecule has 8 heteroatoms. The number of carbonyl (C=O) groups is 1. The molecule has 1 aromatic rings. The topological polar surface area (TPSA) is 55.7 Å². The van der Waals surface area contributed by atoms with Gasteiger partial charge in [-0.1, -0.05) is 0 Å². The van der Waals surface area contributed by atoms with Crippen molar-refractivity contribution in [1.82, 2.24) is 0 Å². The van der Waals surface area contributed by atoms with E-state index in [0.717, 1.165) is 11.5 Å². The molecule has 0 unspecified atom stereocenters. The number of nitrogens with zero attached hydrogens (tertiary/aromatic N) is 1. The largest absolute Gasteiger partial charge is 0.462 e. The lowest BCUT2D eigenvalue weighted by Crippen LogP contribution is -2.10. The first-order valence-corrected chi connectivity index (χ1v) is 5.68. The van der Waals surface area contributed by atoms with Crippen LogP contribution < -0.4 is 0 Å². The average molecular weight is 279 g/mol. The van der Waals surface area contributed by atoms with Gasteiger partial charge in [-0.2, -0.15) is 13.2 Å². The number of isocyanates is 1. The first-order valence-electron chi connectivity index (χ1n) is 4.80. The van der Waals surface area contributed by atoms with Crippen LogP contribution in [0.3, 0.4) is 0 Å². The highest BCUT2D eigenvalue weighted by Crippen LogP contribution is 2.38. The number of halogens is 3. The number of alkyl halides is 3. The van der Waals surface area contributed by atoms with Crippen molar-refractivity contribution in [2.24, 2.45) is 4.99 Å². The van der Waals surface area contributed by atoms with E-state index in [9.17, 15) is 22.8 Å². The Bertz CT molecular complexity index is 489. The van der Waals surface area contributed by atoms with Crippen LogP contribution in [0.25, 0.3) is 0 Å². The number of thiophene rings is 1. The summed E-state index contributed by atoms with van der Waals surface area (Å²) < 4.78 is 42.6. The van der Waals surface area contributed by atoms with Crippen molar-refractivity contribution < 1.29 is 27.5 Å². The standard InChI is InChI=1S/C10H8F3NO3S/c1-2-17-9(16)7-4-18-8(10(11,12)13)6(7)3-14-5-15/h4H,2-3H2,1H3. The van der Waals surface area contributed by atoms with E-state index in [4.69, 9.17) is 0 Å². The second kappa shape index (κ2) is 5.79. The molecule has 0 N–H and O–H groups in total. The summed E-state index contributed by atoms with van der Waals surface area (Å²) in [7, 11) is 0. The van der Waals surface area contributed by atoms with Crippen LogP contribution >= 0.6 is 11.3 Å². The van der Waals surface area contributed by atoms with E-state index in [1.165, 1.54) is 6.92 Å². The minimum Gasteiger partial charge on any atom is -0.462 e. The summed E-state index contributed by atoms with van der Waals surface area (Å²) in [6.07, 6.45) is -3.45. The molecule has 0 amide bonds. The molecule has 18 heavy (non-hydrogen) atoms. The maximum absolute atomic E-state index is 12.7. The van der Waals surface area contributed by atoms with Crippen LogP contribution in [0.5, 0.6) is 0 Å². The molecule has 0 saturated heterocycles. The molecule has 0 bridgehead atoms. The number of carbonyl (C=O) groups excluding carboxylic acids is 2. The number of hydrogen-bond acceptors (Lipinski definition) is 5. The molecular formula is C10H8F3NO3S. The van der Waals surface area contributed by atoms with Crippen molar-refractivity contribution in [3.8, 4) is 0 Å². The predicted octanol–water partition coefficient (Wildman–Crippen LogP) is 2.78. The lowest BCUT2D eigenvalue weighted by molar-refractivity contribution is -0.134. The normalized spacial score (nSPS) is 10.9. The predicted molar refractivity (Wildman–Crippen MR) is 57.1 cm³/mol. The minimum atomic E-state index is -4.59. The highest BCUT2D eigenvalue weighted by molar-refractivity contribution is 7.10. The number of esters is 1. The highest BCUT2D eigenvalue weighted by Gasteiger charge is 2.37. The third-order valence-electron chi connectivity index (χ3n) is 1.95. The van der Waals surface area contributed by atoms with Gasteiger partial charge in [0, 0.05) is 10.9 Å². The van der Waals surface area contributed by atoms with E-state index in [2.05, 4.69) is 9.73 Å². The van der Waals surface area contributed by atoms with Gasteiger partial charge in [-0.3, -0.25) is 0 Å². The highest BCUT2D eigenvalue weighted by atomic mass is 32.1. The third-order valence-corrected chi connectivity index (χ3v) is 3.02. The Labute approximate surface area is 104 Å². The molecule has 0 spiro atoms. The first-order chi connectivity index (χ1) is 8.41. The van der Waals surface area contributed by atoms with E-state index in [1.54, 1.807) is 0 Å². The van der Waals surface area contributed by atoms with Crippen LogP contribution in [-0.4, -0.2) is 18.7 Å². The second-order valence-electron chi connectivity index (χ2n) is 3.08. The Balaban J connectivity index is 3.23. The van der Waals surface area contributed by atoms with Crippen molar-refractivity contribution in [2.75, 3.05) is 6.61 Å². The molecule has 0 saturated carbocycles. The fourth-order valence-corrected chi connectivity index (χ4v) is 2.19. The van der Waals surface area contributed by atoms with Gasteiger partial charge in [0.05, 0.1) is 18.7 Å². The Kier molecular flexibility index (Phi) is 4.63. The zero-order valence-electron chi connectivity index (χ0n) is 9.21. The fourth-order valence-electron chi connectivity index (χ4n) is 1.27. The van der Waals surface area contributed by atoms with Gasteiger partial charge in [0.1, 0.15) is 4.88 Å². The number of rotatable bonds is 4. The van der Waals surface area contributed by atoms with Gasteiger partial charge < -0.3 is 4.74 Å². The quantitative estimate of drug-likeness (QED) is 0.484. The SMILES string of the molecule is CCOC(=O)c1csc(C(F)(F)F)c1CN=C=O. The zero-order chi connectivity index (χ0) is 13.8. The Morgan fingerprint density at radius 2 is 2.22 bits per heavy atom. The van der Waals surface area contributed by atoms with Gasteiger partial charge in [-0.25, -0.2) is 14.6 Å². The molecule has 98 valence electrons. The lowest BCUT2D eigenvalue weighted by atomic mass is 10.1. The van der Waals surface area contributed by atoms with Gasteiger partial charge in [0.2, 0.25) is 6.08 Å². The fraction of sp³-hybridized carbons (Fsp3) is 0.400. The summed E-state index contributed by atoms with van der Waals surface area (Å²) in [4.78, 5) is 23.6. The summed E-state index contributed by atoms with van der Waals surface area (Å²) in [5.41, 5.74) is -0.567. The Hall–Kier alpha value is -1.66. The van der Waals surface area contributed by atoms with Crippen LogP contribution in [-0.2, 0) is 22.3 Å². The summed E-state index contributed by atoms with van der Waals surface area (Å²) in [6.45, 7) is 1.04. The molecule has 0 aromatic carbocycles. The molecule has 4 nitrogen and oxygen atoms in total. The van der Waals surface area contributed by atoms with Gasteiger partial charge in [-0.05, 0) is 6.92 Å². The number of aliphatic imine (C=N–C) groups is 1. The Morgan fingerprint density at radius 1 is 1.56 bits per heavy atom. The van der Waals surface area contributed by atoms with Crippen molar-refractivity contribution in [3.63, 3.8) is 0 Å². The van der Waals surface area contributed by atoms with Gasteiger partial charge >= 0.3 is 12.1 Å². The maximum atomic E-state index is 12.7. The van der Waals surface area contributed by atoms with Gasteiger partial charge in [-0.15, -0.1) is 11.3 Å². The number of hydrogen-bond donors (Lipinski definition) is 0. The van der Waals surface area contributed by atoms with Crippen molar-refractivity contribution >= 4 is 23.4 Å². The first kappa shape index (κ1) is 14.4. The maximum Gasteiger partial charge on any atom is 0.425 e. The zero-order valence-corrected chi connectivity index (χ0v) is 10.0. The lowest BCUT2D eigenvalue weighted by Gasteiger charge is -2.07. The summed E-state index contributed by atoms with van der Waals surface area (Å²) in [5.74, 6) is -0.861. The van der Waals surface area contributed by atoms with Crippen LogP contribution in [0.4, 0.5) is 13.2 Å². The van der Waals surface area contributed by atoms with E-state index in [0.29, 0.717) is 11.3 Å². The van der Waals surface area contributed by atoms with Crippen LogP contribution in [0.1, 0.15) is 27.7 Å². The average Bonchev–Trinajstić information content (AvgIpc) is 2.69. The molecule has 0 aliphatic rings. The van der Waals surface area contributed by atoms with Crippen LogP contribution in [0.15, 0.2) is 10.4 Å². The van der Waals surface area contributed by atoms with E-state index < -0.39 is 23.6 Å². The molecule has 0 aliphatic heterocycles. The molecular weight excluding hydrogens is 271 g/mol. The van der Waals surface area contributed by atoms with Crippen molar-refractivity contribution in [3.05, 3.63) is 21.4 Å². The smallest absolute Gasteiger partial charge is 0.425 e. The minimum absolute atomic E-state index is 0.0480. The summed E-state index contributed by atoms with van der Waals surface area (Å²) in [5, 5.41) is 1.05. The van der Waals surface area contributed by atoms with Crippen molar-refractivity contribution in [1.29, 1.82) is 0 Å². The monoisotopic (exact) mass is 279 g/mol. The second-order valence-corrected chi connectivity index (χ2v) is 3.96. The molecule has 1 rings (SSSR count). The molecule has 0 fully saturated rings. The summed E-state index contributed by atoms with van der Waals surface area (Å²) in [6, 6.07) is 0. The van der Waals surface area contributed by atoms with Gasteiger partial charge in [0.25, 0.3) is 0 Å². The van der Waals surface area contributed by atoms with Gasteiger partial charge in [0.15, 0.2) is 0 Å². The molecule has 0 aliphatic carbocycles. The Morgan fingerprint density at radius 3 is 2.72 bits per heavy atom. The molecule has 1 aromatic heterocycles. The third kappa shape index (κ3) is 3.18. The molecule has 0 radical (unpaired) electrons. The van der Waals surface area contributed by atoms with Crippen molar-refractivity contribution in [2.45, 2.75) is 19.6 Å². The summed E-state index contributed by atoms with van der Waals surface area (Å²) >= 11 is 0.372. The molecule has 0 atom stereocenters.